The Hall–Kier alpha value is -1.22. The van der Waals surface area contributed by atoms with E-state index in [9.17, 15) is 0 Å². The topological polar surface area (TPSA) is 41.3 Å². The van der Waals surface area contributed by atoms with E-state index in [2.05, 4.69) is 49.3 Å². The van der Waals surface area contributed by atoms with Gasteiger partial charge in [0, 0.05) is 20.1 Å². The number of hydrogen-bond donors (Lipinski definition) is 2. The SMILES string of the molecule is CN1c2c(CN)cccc2NCC1(C)C. The molecule has 3 N–H and O–H groups in total. The van der Waals surface area contributed by atoms with Crippen LogP contribution in [0, 0.1) is 0 Å². The van der Waals surface area contributed by atoms with E-state index in [1.807, 2.05) is 0 Å². The van der Waals surface area contributed by atoms with Crippen molar-refractivity contribution in [3.63, 3.8) is 0 Å². The summed E-state index contributed by atoms with van der Waals surface area (Å²) >= 11 is 0. The van der Waals surface area contributed by atoms with Crippen LogP contribution < -0.4 is 16.0 Å². The Labute approximate surface area is 91.3 Å². The molecule has 0 bridgehead atoms. The van der Waals surface area contributed by atoms with Gasteiger partial charge in [-0.15, -0.1) is 0 Å². The molecule has 0 spiro atoms. The molecule has 0 aliphatic carbocycles. The number of benzene rings is 1. The second-order valence-corrected chi connectivity index (χ2v) is 4.74. The highest BCUT2D eigenvalue weighted by atomic mass is 15.2. The molecule has 0 aromatic heterocycles. The van der Waals surface area contributed by atoms with Gasteiger partial charge >= 0.3 is 0 Å². The highest BCUT2D eigenvalue weighted by molar-refractivity contribution is 5.76. The maximum Gasteiger partial charge on any atom is 0.0650 e. The molecule has 2 rings (SSSR count). The third-order valence-corrected chi connectivity index (χ3v) is 3.29. The standard InChI is InChI=1S/C12H19N3/c1-12(2)8-14-10-6-4-5-9(7-13)11(10)15(12)3/h4-6,14H,7-8,13H2,1-3H3. The summed E-state index contributed by atoms with van der Waals surface area (Å²) in [4.78, 5) is 2.32. The lowest BCUT2D eigenvalue weighted by Crippen LogP contribution is -2.50. The fraction of sp³-hybridized carbons (Fsp3) is 0.500. The third-order valence-electron chi connectivity index (χ3n) is 3.29. The van der Waals surface area contributed by atoms with Crippen molar-refractivity contribution in [1.29, 1.82) is 0 Å². The zero-order chi connectivity index (χ0) is 11.1. The number of para-hydroxylation sites is 1. The maximum atomic E-state index is 5.77. The molecule has 0 radical (unpaired) electrons. The molecule has 0 amide bonds. The van der Waals surface area contributed by atoms with Crippen LogP contribution in [0.4, 0.5) is 11.4 Å². The van der Waals surface area contributed by atoms with Crippen LogP contribution in [0.2, 0.25) is 0 Å². The van der Waals surface area contributed by atoms with E-state index in [1.54, 1.807) is 0 Å². The number of hydrogen-bond acceptors (Lipinski definition) is 3. The number of nitrogens with two attached hydrogens (primary N) is 1. The molecule has 0 unspecified atom stereocenters. The van der Waals surface area contributed by atoms with Crippen LogP contribution in [0.5, 0.6) is 0 Å². The number of anilines is 2. The Bertz CT molecular complexity index is 357. The van der Waals surface area contributed by atoms with Gasteiger partial charge in [-0.3, -0.25) is 0 Å². The minimum atomic E-state index is 0.137. The summed E-state index contributed by atoms with van der Waals surface area (Å²) in [5.74, 6) is 0. The van der Waals surface area contributed by atoms with Crippen LogP contribution in [-0.2, 0) is 6.54 Å². The number of fused-ring (bicyclic) bond motifs is 1. The van der Waals surface area contributed by atoms with E-state index in [-0.39, 0.29) is 5.54 Å². The molecule has 1 aliphatic heterocycles. The Morgan fingerprint density at radius 2 is 2.20 bits per heavy atom. The van der Waals surface area contributed by atoms with Gasteiger partial charge in [0.25, 0.3) is 0 Å². The molecule has 3 nitrogen and oxygen atoms in total. The summed E-state index contributed by atoms with van der Waals surface area (Å²) in [7, 11) is 2.14. The summed E-state index contributed by atoms with van der Waals surface area (Å²) in [6.45, 7) is 6.02. The molecule has 1 heterocycles. The summed E-state index contributed by atoms with van der Waals surface area (Å²) in [6.07, 6.45) is 0. The normalized spacial score (nSPS) is 18.3. The Morgan fingerprint density at radius 3 is 2.87 bits per heavy atom. The largest absolute Gasteiger partial charge is 0.381 e. The molecule has 1 aliphatic rings. The molecule has 0 fully saturated rings. The van der Waals surface area contributed by atoms with Crippen molar-refractivity contribution in [2.75, 3.05) is 23.8 Å². The van der Waals surface area contributed by atoms with E-state index in [0.29, 0.717) is 6.54 Å². The van der Waals surface area contributed by atoms with Gasteiger partial charge in [-0.25, -0.2) is 0 Å². The first-order chi connectivity index (χ1) is 7.06. The van der Waals surface area contributed by atoms with Crippen molar-refractivity contribution in [2.45, 2.75) is 25.9 Å². The van der Waals surface area contributed by atoms with Crippen molar-refractivity contribution >= 4 is 11.4 Å². The van der Waals surface area contributed by atoms with Gasteiger partial charge in [0.15, 0.2) is 0 Å². The monoisotopic (exact) mass is 205 g/mol. The summed E-state index contributed by atoms with van der Waals surface area (Å²) in [5, 5.41) is 3.46. The van der Waals surface area contributed by atoms with Gasteiger partial charge in [0.1, 0.15) is 0 Å². The molecular weight excluding hydrogens is 186 g/mol. The number of nitrogens with one attached hydrogen (secondary N) is 1. The Morgan fingerprint density at radius 1 is 1.47 bits per heavy atom. The smallest absolute Gasteiger partial charge is 0.0650 e. The molecular formula is C12H19N3. The zero-order valence-electron chi connectivity index (χ0n) is 9.67. The lowest BCUT2D eigenvalue weighted by molar-refractivity contribution is 0.501. The van der Waals surface area contributed by atoms with Crippen molar-refractivity contribution in [3.05, 3.63) is 23.8 Å². The highest BCUT2D eigenvalue weighted by Gasteiger charge is 2.30. The van der Waals surface area contributed by atoms with Gasteiger partial charge in [0.2, 0.25) is 0 Å². The van der Waals surface area contributed by atoms with Crippen LogP contribution in [-0.4, -0.2) is 19.1 Å². The van der Waals surface area contributed by atoms with Gasteiger partial charge in [0.05, 0.1) is 16.9 Å². The molecule has 3 heteroatoms. The van der Waals surface area contributed by atoms with Gasteiger partial charge < -0.3 is 16.0 Å². The van der Waals surface area contributed by atoms with E-state index < -0.39 is 0 Å². The lowest BCUT2D eigenvalue weighted by atomic mass is 9.96. The van der Waals surface area contributed by atoms with Crippen molar-refractivity contribution in [1.82, 2.24) is 0 Å². The molecule has 82 valence electrons. The van der Waals surface area contributed by atoms with Crippen LogP contribution in [0.15, 0.2) is 18.2 Å². The van der Waals surface area contributed by atoms with Crippen molar-refractivity contribution in [2.24, 2.45) is 5.73 Å². The number of rotatable bonds is 1. The average Bonchev–Trinajstić information content (AvgIpc) is 2.23. The second-order valence-electron chi connectivity index (χ2n) is 4.74. The van der Waals surface area contributed by atoms with Gasteiger partial charge in [-0.05, 0) is 25.5 Å². The van der Waals surface area contributed by atoms with Gasteiger partial charge in [-0.1, -0.05) is 12.1 Å². The molecule has 0 atom stereocenters. The third kappa shape index (κ3) is 1.57. The first kappa shape index (κ1) is 10.3. The van der Waals surface area contributed by atoms with Crippen LogP contribution in [0.1, 0.15) is 19.4 Å². The molecule has 0 saturated heterocycles. The van der Waals surface area contributed by atoms with E-state index in [0.717, 1.165) is 6.54 Å². The first-order valence-corrected chi connectivity index (χ1v) is 5.36. The second kappa shape index (κ2) is 3.42. The predicted octanol–water partition coefficient (Wildman–Crippen LogP) is 1.79. The molecule has 15 heavy (non-hydrogen) atoms. The summed E-state index contributed by atoms with van der Waals surface area (Å²) in [5.41, 5.74) is 9.55. The fourth-order valence-corrected chi connectivity index (χ4v) is 2.03. The lowest BCUT2D eigenvalue weighted by Gasteiger charge is -2.44. The maximum absolute atomic E-state index is 5.77. The summed E-state index contributed by atoms with van der Waals surface area (Å²) in [6, 6.07) is 6.26. The van der Waals surface area contributed by atoms with Crippen molar-refractivity contribution < 1.29 is 0 Å². The molecule has 1 aromatic rings. The van der Waals surface area contributed by atoms with E-state index in [4.69, 9.17) is 5.73 Å². The quantitative estimate of drug-likeness (QED) is 0.734. The molecule has 1 aromatic carbocycles. The van der Waals surface area contributed by atoms with Crippen LogP contribution in [0.3, 0.4) is 0 Å². The minimum absolute atomic E-state index is 0.137. The Balaban J connectivity index is 2.53. The first-order valence-electron chi connectivity index (χ1n) is 5.36. The average molecular weight is 205 g/mol. The van der Waals surface area contributed by atoms with E-state index >= 15 is 0 Å². The van der Waals surface area contributed by atoms with Crippen LogP contribution >= 0.6 is 0 Å². The fourth-order valence-electron chi connectivity index (χ4n) is 2.03. The predicted molar refractivity (Wildman–Crippen MR) is 65.3 cm³/mol. The van der Waals surface area contributed by atoms with Gasteiger partial charge in [-0.2, -0.15) is 0 Å². The number of nitrogens with zero attached hydrogens (tertiary/aromatic N) is 1. The summed E-state index contributed by atoms with van der Waals surface area (Å²) < 4.78 is 0. The Kier molecular flexibility index (Phi) is 2.35. The van der Waals surface area contributed by atoms with Crippen LogP contribution in [0.25, 0.3) is 0 Å². The van der Waals surface area contributed by atoms with Crippen molar-refractivity contribution in [3.8, 4) is 0 Å². The van der Waals surface area contributed by atoms with E-state index in [1.165, 1.54) is 16.9 Å². The number of likely N-dealkylation sites (N-methyl/N-ethyl adjacent to an activating group) is 1. The highest BCUT2D eigenvalue weighted by Crippen LogP contribution is 2.37. The minimum Gasteiger partial charge on any atom is -0.381 e. The zero-order valence-corrected chi connectivity index (χ0v) is 9.67. The molecule has 0 saturated carbocycles.